The van der Waals surface area contributed by atoms with Crippen molar-refractivity contribution in [3.63, 3.8) is 0 Å². The van der Waals surface area contributed by atoms with E-state index in [4.69, 9.17) is 0 Å². The van der Waals surface area contributed by atoms with Gasteiger partial charge in [0.05, 0.1) is 29.5 Å². The fourth-order valence-corrected chi connectivity index (χ4v) is 6.13. The molecule has 0 aromatic heterocycles. The van der Waals surface area contributed by atoms with Crippen LogP contribution in [0.3, 0.4) is 0 Å². The van der Waals surface area contributed by atoms with Gasteiger partial charge in [-0.2, -0.15) is 0 Å². The molecule has 0 bridgehead atoms. The van der Waals surface area contributed by atoms with E-state index in [0.717, 1.165) is 33.3 Å². The predicted octanol–water partition coefficient (Wildman–Crippen LogP) is 2.50. The van der Waals surface area contributed by atoms with Crippen LogP contribution in [-0.4, -0.2) is 61.6 Å². The molecule has 2 heterocycles. The summed E-state index contributed by atoms with van der Waals surface area (Å²) < 4.78 is 1.74. The fraction of sp³-hybridized carbons (Fsp3) is 0.412. The molecule has 2 aliphatic heterocycles. The number of nitro groups is 1. The lowest BCUT2D eigenvalue weighted by Crippen LogP contribution is -2.42. The fourth-order valence-electron chi connectivity index (χ4n) is 2.49. The number of aliphatic imine (C=N–C) groups is 2. The second-order valence-corrected chi connectivity index (χ2v) is 10.6. The molecule has 13 heteroatoms. The van der Waals surface area contributed by atoms with Crippen molar-refractivity contribution < 1.29 is 14.5 Å². The lowest BCUT2D eigenvalue weighted by atomic mass is 10.1. The van der Waals surface area contributed by atoms with E-state index in [1.54, 1.807) is 29.6 Å². The van der Waals surface area contributed by atoms with Gasteiger partial charge in [-0.1, -0.05) is 59.2 Å². The van der Waals surface area contributed by atoms with E-state index in [-0.39, 0.29) is 29.0 Å². The summed E-state index contributed by atoms with van der Waals surface area (Å²) in [6, 6.07) is 5.86. The highest BCUT2D eigenvalue weighted by Crippen LogP contribution is 2.24. The molecule has 0 aliphatic carbocycles. The van der Waals surface area contributed by atoms with E-state index in [2.05, 4.69) is 20.6 Å². The molecule has 2 amide bonds. The molecule has 0 fully saturated rings. The Morgan fingerprint density at radius 1 is 1.07 bits per heavy atom. The Morgan fingerprint density at radius 3 is 2.10 bits per heavy atom. The SMILES string of the molecule is O=C(CSC1=NCCS1)NC(NC(=O)CSC1=NCCS1)c1cccc([N+](=O)[O-])c1. The van der Waals surface area contributed by atoms with Gasteiger partial charge in [-0.3, -0.25) is 29.7 Å². The van der Waals surface area contributed by atoms with Crippen LogP contribution in [0.15, 0.2) is 34.3 Å². The van der Waals surface area contributed by atoms with Crippen LogP contribution in [0.4, 0.5) is 5.69 Å². The van der Waals surface area contributed by atoms with Crippen molar-refractivity contribution in [2.24, 2.45) is 9.98 Å². The summed E-state index contributed by atoms with van der Waals surface area (Å²) in [6.45, 7) is 1.50. The van der Waals surface area contributed by atoms with Crippen LogP contribution >= 0.6 is 47.0 Å². The second kappa shape index (κ2) is 11.6. The van der Waals surface area contributed by atoms with E-state index in [1.165, 1.54) is 41.7 Å². The van der Waals surface area contributed by atoms with Crippen LogP contribution in [0.25, 0.3) is 0 Å². The Morgan fingerprint density at radius 2 is 1.63 bits per heavy atom. The first-order chi connectivity index (χ1) is 14.5. The predicted molar refractivity (Wildman–Crippen MR) is 127 cm³/mol. The normalized spacial score (nSPS) is 15.6. The third kappa shape index (κ3) is 7.22. The lowest BCUT2D eigenvalue weighted by Gasteiger charge is -2.20. The molecular formula is C17H19N5O4S4. The van der Waals surface area contributed by atoms with Gasteiger partial charge in [-0.15, -0.1) is 0 Å². The van der Waals surface area contributed by atoms with Gasteiger partial charge in [0.15, 0.2) is 0 Å². The first-order valence-electron chi connectivity index (χ1n) is 8.94. The molecule has 2 aliphatic rings. The molecule has 0 unspecified atom stereocenters. The first-order valence-corrected chi connectivity index (χ1v) is 12.9. The van der Waals surface area contributed by atoms with Crippen molar-refractivity contribution in [1.29, 1.82) is 0 Å². The van der Waals surface area contributed by atoms with Gasteiger partial charge < -0.3 is 10.6 Å². The third-order valence-electron chi connectivity index (χ3n) is 3.79. The van der Waals surface area contributed by atoms with E-state index in [9.17, 15) is 19.7 Å². The van der Waals surface area contributed by atoms with Crippen molar-refractivity contribution in [3.05, 3.63) is 39.9 Å². The van der Waals surface area contributed by atoms with Gasteiger partial charge in [-0.25, -0.2) is 0 Å². The number of non-ortho nitro benzene ring substituents is 1. The van der Waals surface area contributed by atoms with Gasteiger partial charge in [-0.05, 0) is 0 Å². The number of nitro benzene ring substituents is 1. The number of thioether (sulfide) groups is 4. The highest BCUT2D eigenvalue weighted by molar-refractivity contribution is 8.39. The average Bonchev–Trinajstić information content (AvgIpc) is 3.44. The Bertz CT molecular complexity index is 837. The number of hydrogen-bond acceptors (Lipinski definition) is 10. The Hall–Kier alpha value is -1.70. The highest BCUT2D eigenvalue weighted by Gasteiger charge is 2.21. The number of amides is 2. The summed E-state index contributed by atoms with van der Waals surface area (Å²) >= 11 is 5.89. The molecule has 0 atom stereocenters. The maximum atomic E-state index is 12.4. The number of benzene rings is 1. The molecule has 0 radical (unpaired) electrons. The minimum Gasteiger partial charge on any atom is -0.331 e. The molecule has 1 aromatic carbocycles. The summed E-state index contributed by atoms with van der Waals surface area (Å²) in [6.07, 6.45) is -0.873. The second-order valence-electron chi connectivity index (χ2n) is 5.99. The van der Waals surface area contributed by atoms with Crippen molar-refractivity contribution in [2.45, 2.75) is 6.17 Å². The zero-order chi connectivity index (χ0) is 21.3. The standard InChI is InChI=1S/C17H19N5O4S4/c23-13(9-29-16-18-4-6-27-16)20-15(11-2-1-3-12(8-11)22(25)26)21-14(24)10-30-17-19-5-7-28-17/h1-3,8,15H,4-7,9-10H2,(H,20,23)(H,21,24). The molecular weight excluding hydrogens is 466 g/mol. The summed E-state index contributed by atoms with van der Waals surface area (Å²) in [5, 5.41) is 16.6. The highest BCUT2D eigenvalue weighted by atomic mass is 32.2. The van der Waals surface area contributed by atoms with Crippen molar-refractivity contribution >= 4 is 73.3 Å². The van der Waals surface area contributed by atoms with Crippen LogP contribution in [-0.2, 0) is 9.59 Å². The molecule has 9 nitrogen and oxygen atoms in total. The molecule has 160 valence electrons. The van der Waals surface area contributed by atoms with Gasteiger partial charge in [0, 0.05) is 29.2 Å². The van der Waals surface area contributed by atoms with Gasteiger partial charge in [0.1, 0.15) is 14.9 Å². The van der Waals surface area contributed by atoms with Crippen molar-refractivity contribution in [3.8, 4) is 0 Å². The number of rotatable bonds is 8. The van der Waals surface area contributed by atoms with Gasteiger partial charge in [0.25, 0.3) is 5.69 Å². The minimum atomic E-state index is -0.873. The summed E-state index contributed by atoms with van der Waals surface area (Å²) in [5.74, 6) is 1.53. The zero-order valence-corrected chi connectivity index (χ0v) is 19.0. The molecule has 2 N–H and O–H groups in total. The van der Waals surface area contributed by atoms with Gasteiger partial charge in [0.2, 0.25) is 11.8 Å². The van der Waals surface area contributed by atoms with E-state index >= 15 is 0 Å². The Balaban J connectivity index is 1.64. The Kier molecular flexibility index (Phi) is 8.90. The first kappa shape index (κ1) is 23.0. The maximum absolute atomic E-state index is 12.4. The number of nitrogens with one attached hydrogen (secondary N) is 2. The topological polar surface area (TPSA) is 126 Å². The monoisotopic (exact) mass is 485 g/mol. The zero-order valence-electron chi connectivity index (χ0n) is 15.7. The quantitative estimate of drug-likeness (QED) is 0.327. The molecule has 0 spiro atoms. The van der Waals surface area contributed by atoms with Crippen LogP contribution in [0.2, 0.25) is 0 Å². The van der Waals surface area contributed by atoms with Gasteiger partial charge >= 0.3 is 0 Å². The van der Waals surface area contributed by atoms with E-state index in [0.29, 0.717) is 5.56 Å². The number of carbonyl (C=O) groups is 2. The Labute approximate surface area is 190 Å². The molecule has 1 aromatic rings. The van der Waals surface area contributed by atoms with Crippen LogP contribution in [0.1, 0.15) is 11.7 Å². The molecule has 0 saturated carbocycles. The average molecular weight is 486 g/mol. The summed E-state index contributed by atoms with van der Waals surface area (Å²) in [7, 11) is 0. The summed E-state index contributed by atoms with van der Waals surface area (Å²) in [4.78, 5) is 44.1. The lowest BCUT2D eigenvalue weighted by molar-refractivity contribution is -0.384. The molecule has 30 heavy (non-hydrogen) atoms. The number of nitrogens with zero attached hydrogens (tertiary/aromatic N) is 3. The molecule has 3 rings (SSSR count). The van der Waals surface area contributed by atoms with E-state index in [1.807, 2.05) is 0 Å². The maximum Gasteiger partial charge on any atom is 0.269 e. The largest absolute Gasteiger partial charge is 0.331 e. The third-order valence-corrected chi connectivity index (χ3v) is 8.30. The van der Waals surface area contributed by atoms with Crippen molar-refractivity contribution in [1.82, 2.24) is 10.6 Å². The van der Waals surface area contributed by atoms with Crippen LogP contribution in [0, 0.1) is 10.1 Å². The smallest absolute Gasteiger partial charge is 0.269 e. The number of carbonyl (C=O) groups excluding carboxylic acids is 2. The molecule has 0 saturated heterocycles. The number of hydrogen-bond donors (Lipinski definition) is 2. The van der Waals surface area contributed by atoms with Crippen molar-refractivity contribution in [2.75, 3.05) is 36.1 Å². The summed E-state index contributed by atoms with van der Waals surface area (Å²) in [5.41, 5.74) is 0.319. The van der Waals surface area contributed by atoms with Crippen LogP contribution < -0.4 is 10.6 Å². The minimum absolute atomic E-state index is 0.113. The van der Waals surface area contributed by atoms with E-state index < -0.39 is 11.1 Å². The van der Waals surface area contributed by atoms with Crippen LogP contribution in [0.5, 0.6) is 0 Å².